The van der Waals surface area contributed by atoms with Crippen LogP contribution in [-0.2, 0) is 0 Å². The quantitative estimate of drug-likeness (QED) is 0.465. The Labute approximate surface area is 44.0 Å². The molecule has 0 unspecified atom stereocenters. The molecule has 0 N–H and O–H groups in total. The molecule has 0 aliphatic carbocycles. The Morgan fingerprint density at radius 3 is 2.14 bits per heavy atom. The van der Waals surface area contributed by atoms with Crippen LogP contribution in [0.5, 0.6) is 0 Å². The molecular weight excluding hydrogens is 90.1 g/mol. The maximum Gasteiger partial charge on any atom is -0.00514 e. The molecule has 0 radical (unpaired) electrons. The Bertz CT molecular complexity index is 76.1. The van der Waals surface area contributed by atoms with Gasteiger partial charge in [-0.25, -0.2) is 0 Å². The number of allylic oxidation sites excluding steroid dienone is 2. The lowest BCUT2D eigenvalue weighted by atomic mass is 10.5. The minimum absolute atomic E-state index is 0.750. The van der Waals surface area contributed by atoms with Crippen molar-refractivity contribution in [2.75, 3.05) is 7.05 Å². The molecule has 0 bridgehead atoms. The lowest BCUT2D eigenvalue weighted by molar-refractivity contribution is 0.573. The van der Waals surface area contributed by atoms with Gasteiger partial charge in [0.2, 0.25) is 0 Å². The van der Waals surface area contributed by atoms with Crippen LogP contribution in [0.4, 0.5) is 0 Å². The minimum atomic E-state index is 0.750. The number of hydroxylamine groups is 2. The first kappa shape index (κ1) is 6.50. The molecule has 0 aliphatic heterocycles. The molecule has 0 atom stereocenters. The van der Waals surface area contributed by atoms with Crippen molar-refractivity contribution < 1.29 is 0 Å². The Balaban J connectivity index is 3.56. The van der Waals surface area contributed by atoms with Gasteiger partial charge in [-0.2, -0.15) is 0 Å². The standard InChI is InChI=1S/C5H10NO/c1-4-5(2)6(3)7/h4H,1-3H3/q-1/b5-4-. The molecule has 42 valence electrons. The summed E-state index contributed by atoms with van der Waals surface area (Å²) in [5.41, 5.74) is 0.750. The first-order valence-corrected chi connectivity index (χ1v) is 2.22. The largest absolute Gasteiger partial charge is 0.759 e. The van der Waals surface area contributed by atoms with E-state index >= 15 is 0 Å². The predicted molar refractivity (Wildman–Crippen MR) is 30.6 cm³/mol. The fourth-order valence-electron chi connectivity index (χ4n) is 0.182. The van der Waals surface area contributed by atoms with Crippen molar-refractivity contribution in [2.24, 2.45) is 0 Å². The van der Waals surface area contributed by atoms with Gasteiger partial charge >= 0.3 is 0 Å². The Morgan fingerprint density at radius 1 is 1.71 bits per heavy atom. The van der Waals surface area contributed by atoms with Crippen LogP contribution in [0.2, 0.25) is 0 Å². The van der Waals surface area contributed by atoms with Crippen LogP contribution in [-0.4, -0.2) is 12.1 Å². The average Bonchev–Trinajstić information content (AvgIpc) is 1.65. The third-order valence-corrected chi connectivity index (χ3v) is 0.914. The van der Waals surface area contributed by atoms with Crippen molar-refractivity contribution in [1.29, 1.82) is 0 Å². The molecule has 0 saturated heterocycles. The van der Waals surface area contributed by atoms with Gasteiger partial charge in [0.1, 0.15) is 0 Å². The Hall–Kier alpha value is -0.500. The predicted octanol–water partition coefficient (Wildman–Crippen LogP) is 1.34. The summed E-state index contributed by atoms with van der Waals surface area (Å²) in [7, 11) is 1.48. The number of hydrogen-bond acceptors (Lipinski definition) is 2. The molecule has 0 spiro atoms. The van der Waals surface area contributed by atoms with E-state index in [-0.39, 0.29) is 0 Å². The topological polar surface area (TPSA) is 26.3 Å². The molecule has 2 heteroatoms. The SMILES string of the molecule is C/C=C(/C)N(C)[O-]. The van der Waals surface area contributed by atoms with Crippen molar-refractivity contribution in [3.05, 3.63) is 17.0 Å². The minimum Gasteiger partial charge on any atom is -0.759 e. The first-order chi connectivity index (χ1) is 3.18. The molecule has 0 aliphatic rings. The number of hydrogen-bond donors (Lipinski definition) is 0. The summed E-state index contributed by atoms with van der Waals surface area (Å²) >= 11 is 0. The molecule has 0 aromatic carbocycles. The molecule has 0 aromatic rings. The maximum absolute atomic E-state index is 10.2. The maximum atomic E-state index is 10.2. The van der Waals surface area contributed by atoms with E-state index < -0.39 is 0 Å². The molecule has 0 heterocycles. The van der Waals surface area contributed by atoms with E-state index in [1.165, 1.54) is 7.05 Å². The number of nitrogens with zero attached hydrogens (tertiary/aromatic N) is 1. The van der Waals surface area contributed by atoms with Gasteiger partial charge in [-0.15, -0.1) is 0 Å². The average molecular weight is 100 g/mol. The lowest BCUT2D eigenvalue weighted by Gasteiger charge is -2.24. The summed E-state index contributed by atoms with van der Waals surface area (Å²) in [5, 5.41) is 11.1. The zero-order valence-corrected chi connectivity index (χ0v) is 4.93. The third-order valence-electron chi connectivity index (χ3n) is 0.914. The second-order valence-corrected chi connectivity index (χ2v) is 1.43. The third kappa shape index (κ3) is 2.23. The van der Waals surface area contributed by atoms with E-state index in [1.54, 1.807) is 13.0 Å². The van der Waals surface area contributed by atoms with E-state index in [4.69, 9.17) is 0 Å². The molecular formula is C5H10NO-. The van der Waals surface area contributed by atoms with Gasteiger partial charge in [-0.1, -0.05) is 6.08 Å². The summed E-state index contributed by atoms with van der Waals surface area (Å²) in [5.74, 6) is 0. The Kier molecular flexibility index (Phi) is 2.45. The number of rotatable bonds is 1. The van der Waals surface area contributed by atoms with Crippen molar-refractivity contribution in [3.63, 3.8) is 0 Å². The van der Waals surface area contributed by atoms with Crippen LogP contribution in [0.15, 0.2) is 11.8 Å². The van der Waals surface area contributed by atoms with Crippen LogP contribution in [0.25, 0.3) is 0 Å². The van der Waals surface area contributed by atoms with Crippen LogP contribution in [0, 0.1) is 5.21 Å². The fraction of sp³-hybridized carbons (Fsp3) is 0.600. The highest BCUT2D eigenvalue weighted by Crippen LogP contribution is 1.93. The summed E-state index contributed by atoms with van der Waals surface area (Å²) in [6, 6.07) is 0. The van der Waals surface area contributed by atoms with Gasteiger partial charge in [-0.3, -0.25) is 0 Å². The van der Waals surface area contributed by atoms with E-state index in [9.17, 15) is 5.21 Å². The van der Waals surface area contributed by atoms with Gasteiger partial charge < -0.3 is 10.3 Å². The van der Waals surface area contributed by atoms with Gasteiger partial charge in [0.15, 0.2) is 0 Å². The zero-order chi connectivity index (χ0) is 5.86. The van der Waals surface area contributed by atoms with E-state index in [0.29, 0.717) is 0 Å². The van der Waals surface area contributed by atoms with E-state index in [2.05, 4.69) is 0 Å². The zero-order valence-electron chi connectivity index (χ0n) is 4.93. The van der Waals surface area contributed by atoms with Crippen molar-refractivity contribution >= 4 is 0 Å². The van der Waals surface area contributed by atoms with Gasteiger partial charge in [-0.05, 0) is 26.6 Å². The van der Waals surface area contributed by atoms with E-state index in [0.717, 1.165) is 10.8 Å². The molecule has 0 amide bonds. The lowest BCUT2D eigenvalue weighted by Crippen LogP contribution is -2.04. The molecule has 2 nitrogen and oxygen atoms in total. The van der Waals surface area contributed by atoms with Gasteiger partial charge in [0, 0.05) is 0 Å². The second-order valence-electron chi connectivity index (χ2n) is 1.43. The Morgan fingerprint density at radius 2 is 2.14 bits per heavy atom. The molecule has 0 saturated carbocycles. The van der Waals surface area contributed by atoms with Gasteiger partial charge in [0.05, 0.1) is 0 Å². The highest BCUT2D eigenvalue weighted by molar-refractivity contribution is 4.93. The molecule has 0 fully saturated rings. The van der Waals surface area contributed by atoms with Crippen LogP contribution < -0.4 is 0 Å². The van der Waals surface area contributed by atoms with E-state index in [1.807, 2.05) is 6.92 Å². The highest BCUT2D eigenvalue weighted by atomic mass is 16.5. The van der Waals surface area contributed by atoms with Crippen molar-refractivity contribution in [2.45, 2.75) is 13.8 Å². The highest BCUT2D eigenvalue weighted by Gasteiger charge is 1.76. The summed E-state index contributed by atoms with van der Waals surface area (Å²) in [6.45, 7) is 3.61. The summed E-state index contributed by atoms with van der Waals surface area (Å²) in [4.78, 5) is 0. The molecule has 7 heavy (non-hydrogen) atoms. The molecule has 0 aromatic heterocycles. The monoisotopic (exact) mass is 100 g/mol. The smallest absolute Gasteiger partial charge is 0.00514 e. The second kappa shape index (κ2) is 2.64. The normalized spacial score (nSPS) is 11.7. The van der Waals surface area contributed by atoms with Crippen molar-refractivity contribution in [3.8, 4) is 0 Å². The summed E-state index contributed by atoms with van der Waals surface area (Å²) < 4.78 is 0. The first-order valence-electron chi connectivity index (χ1n) is 2.22. The van der Waals surface area contributed by atoms with Gasteiger partial charge in [0.25, 0.3) is 0 Å². The fourth-order valence-corrected chi connectivity index (χ4v) is 0.182. The summed E-state index contributed by atoms with van der Waals surface area (Å²) in [6.07, 6.45) is 1.77. The van der Waals surface area contributed by atoms with Crippen LogP contribution in [0.3, 0.4) is 0 Å². The van der Waals surface area contributed by atoms with Crippen LogP contribution >= 0.6 is 0 Å². The van der Waals surface area contributed by atoms with Crippen LogP contribution in [0.1, 0.15) is 13.8 Å². The van der Waals surface area contributed by atoms with Crippen molar-refractivity contribution in [1.82, 2.24) is 5.06 Å². The molecule has 0 rings (SSSR count).